The summed E-state index contributed by atoms with van der Waals surface area (Å²) in [6, 6.07) is 47.1. The molecule has 0 saturated carbocycles. The molecule has 0 spiro atoms. The number of benzene rings is 6. The summed E-state index contributed by atoms with van der Waals surface area (Å²) in [5.74, 6) is -0.823. The Morgan fingerprint density at radius 3 is 2.26 bits per heavy atom. The van der Waals surface area contributed by atoms with Crippen LogP contribution in [0.3, 0.4) is 0 Å². The highest BCUT2D eigenvalue weighted by Gasteiger charge is 2.41. The SMILES string of the molecule is CC1C(CN(C)C(C)c2ccc3ccccc3c2)OC(c2ccc(-c3ccccc3CN3C(=O)CC(NC(=O)OCc4ccccc4)C3=O)cc2)OC1c1ccc(CO)cc1. The second kappa shape index (κ2) is 18.6. The lowest BCUT2D eigenvalue weighted by Gasteiger charge is -2.43. The average molecular weight is 818 g/mol. The number of imide groups is 1. The van der Waals surface area contributed by atoms with Crippen molar-refractivity contribution < 1.29 is 33.7 Å². The van der Waals surface area contributed by atoms with Gasteiger partial charge in [-0.2, -0.15) is 0 Å². The molecule has 61 heavy (non-hydrogen) atoms. The lowest BCUT2D eigenvalue weighted by Crippen LogP contribution is -2.44. The molecule has 0 bridgehead atoms. The fourth-order valence-corrected chi connectivity index (χ4v) is 8.29. The van der Waals surface area contributed by atoms with Crippen molar-refractivity contribution in [2.75, 3.05) is 13.6 Å². The molecule has 0 radical (unpaired) electrons. The molecule has 8 rings (SSSR count). The topological polar surface area (TPSA) is 118 Å². The Hall–Kier alpha value is -6.17. The summed E-state index contributed by atoms with van der Waals surface area (Å²) in [4.78, 5) is 42.6. The van der Waals surface area contributed by atoms with E-state index in [1.54, 1.807) is 0 Å². The maximum atomic E-state index is 13.4. The maximum absolute atomic E-state index is 13.4. The molecule has 2 aliphatic heterocycles. The molecule has 2 heterocycles. The van der Waals surface area contributed by atoms with Gasteiger partial charge in [0, 0.05) is 24.1 Å². The summed E-state index contributed by atoms with van der Waals surface area (Å²) in [5, 5.41) is 14.7. The number of rotatable bonds is 13. The standard InChI is InChI=1S/C51H51N3O7/c1-33-46(30-53(3)34(2)41-26-21-37-13-7-8-14-42(37)27-41)60-50(61-48(33)39-19-17-35(31-55)18-20-39)40-24-22-38(23-25-40)44-16-10-9-15-43(44)29-54-47(56)28-45(49(54)57)52-51(58)59-32-36-11-5-4-6-12-36/h4-27,33-34,45-46,48,50,55H,28-32H2,1-3H3,(H,52,58). The van der Waals surface area contributed by atoms with Crippen molar-refractivity contribution in [3.05, 3.63) is 179 Å². The number of aliphatic hydroxyl groups is 1. The van der Waals surface area contributed by atoms with Crippen molar-refractivity contribution in [1.82, 2.24) is 15.1 Å². The second-order valence-corrected chi connectivity index (χ2v) is 16.1. The van der Waals surface area contributed by atoms with Crippen LogP contribution in [0.25, 0.3) is 21.9 Å². The molecule has 2 saturated heterocycles. The van der Waals surface area contributed by atoms with E-state index >= 15 is 0 Å². The number of nitrogens with one attached hydrogen (secondary N) is 1. The van der Waals surface area contributed by atoms with Crippen molar-refractivity contribution in [3.8, 4) is 11.1 Å². The van der Waals surface area contributed by atoms with Gasteiger partial charge in [-0.05, 0) is 69.8 Å². The number of likely N-dealkylation sites (N-methyl/N-ethyl adjacent to an activating group) is 1. The van der Waals surface area contributed by atoms with Crippen LogP contribution in [0.4, 0.5) is 4.79 Å². The van der Waals surface area contributed by atoms with Crippen LogP contribution >= 0.6 is 0 Å². The van der Waals surface area contributed by atoms with Crippen molar-refractivity contribution in [1.29, 1.82) is 0 Å². The molecule has 10 nitrogen and oxygen atoms in total. The van der Waals surface area contributed by atoms with E-state index in [2.05, 4.69) is 73.6 Å². The van der Waals surface area contributed by atoms with Crippen LogP contribution in [0.5, 0.6) is 0 Å². The fraction of sp³-hybridized carbons (Fsp3) is 0.275. The van der Waals surface area contributed by atoms with Gasteiger partial charge in [-0.3, -0.25) is 19.4 Å². The molecule has 2 N–H and O–H groups in total. The predicted octanol–water partition coefficient (Wildman–Crippen LogP) is 9.04. The zero-order valence-corrected chi connectivity index (χ0v) is 34.6. The largest absolute Gasteiger partial charge is 0.445 e. The van der Waals surface area contributed by atoms with Gasteiger partial charge in [0.2, 0.25) is 5.91 Å². The van der Waals surface area contributed by atoms with E-state index in [0.29, 0.717) is 6.54 Å². The van der Waals surface area contributed by atoms with Gasteiger partial charge in [0.25, 0.3) is 5.91 Å². The number of carbonyl (C=O) groups excluding carboxylic acids is 3. The molecular formula is C51H51N3O7. The number of alkyl carbamates (subject to hydrolysis) is 1. The minimum atomic E-state index is -0.998. The van der Waals surface area contributed by atoms with E-state index in [0.717, 1.165) is 38.9 Å². The molecule has 6 aromatic carbocycles. The summed E-state index contributed by atoms with van der Waals surface area (Å²) in [6.45, 7) is 5.15. The van der Waals surface area contributed by atoms with Gasteiger partial charge in [-0.15, -0.1) is 0 Å². The normalized spacial score (nSPS) is 20.9. The number of hydrogen-bond acceptors (Lipinski definition) is 8. The molecule has 0 aromatic heterocycles. The van der Waals surface area contributed by atoms with Crippen molar-refractivity contribution in [3.63, 3.8) is 0 Å². The zero-order valence-electron chi connectivity index (χ0n) is 34.6. The first-order valence-corrected chi connectivity index (χ1v) is 20.8. The van der Waals surface area contributed by atoms with Gasteiger partial charge in [0.1, 0.15) is 12.6 Å². The number of amides is 3. The van der Waals surface area contributed by atoms with E-state index in [4.69, 9.17) is 14.2 Å². The summed E-state index contributed by atoms with van der Waals surface area (Å²) in [6.07, 6.45) is -1.98. The minimum Gasteiger partial charge on any atom is -0.445 e. The molecule has 6 aromatic rings. The first kappa shape index (κ1) is 41.6. The lowest BCUT2D eigenvalue weighted by atomic mass is 9.89. The Bertz CT molecular complexity index is 2480. The molecule has 0 aliphatic carbocycles. The molecular weight excluding hydrogens is 767 g/mol. The molecule has 312 valence electrons. The number of ether oxygens (including phenoxy) is 3. The number of aliphatic hydroxyl groups excluding tert-OH is 1. The van der Waals surface area contributed by atoms with E-state index < -0.39 is 24.3 Å². The summed E-state index contributed by atoms with van der Waals surface area (Å²) in [5.41, 5.74) is 7.33. The number of hydrogen-bond donors (Lipinski definition) is 2. The molecule has 2 aliphatic rings. The number of likely N-dealkylation sites (tertiary alicyclic amines) is 1. The quantitative estimate of drug-likeness (QED) is 0.111. The average Bonchev–Trinajstić information content (AvgIpc) is 3.56. The third-order valence-electron chi connectivity index (χ3n) is 12.1. The third kappa shape index (κ3) is 9.43. The Kier molecular flexibility index (Phi) is 12.7. The van der Waals surface area contributed by atoms with Crippen LogP contribution in [0.15, 0.2) is 146 Å². The molecule has 10 heteroatoms. The molecule has 6 unspecified atom stereocenters. The highest BCUT2D eigenvalue weighted by Crippen LogP contribution is 2.43. The highest BCUT2D eigenvalue weighted by molar-refractivity contribution is 6.06. The van der Waals surface area contributed by atoms with Crippen molar-refractivity contribution in [2.45, 2.75) is 70.6 Å². The predicted molar refractivity (Wildman–Crippen MR) is 234 cm³/mol. The van der Waals surface area contributed by atoms with Gasteiger partial charge in [0.05, 0.1) is 31.8 Å². The smallest absolute Gasteiger partial charge is 0.408 e. The number of nitrogens with zero attached hydrogens (tertiary/aromatic N) is 2. The van der Waals surface area contributed by atoms with Crippen molar-refractivity contribution in [2.24, 2.45) is 5.92 Å². The van der Waals surface area contributed by atoms with Crippen LogP contribution in [0.2, 0.25) is 0 Å². The monoisotopic (exact) mass is 817 g/mol. The first-order valence-electron chi connectivity index (χ1n) is 20.8. The fourth-order valence-electron chi connectivity index (χ4n) is 8.29. The lowest BCUT2D eigenvalue weighted by molar-refractivity contribution is -0.276. The van der Waals surface area contributed by atoms with Gasteiger partial charge in [-0.25, -0.2) is 4.79 Å². The first-order chi connectivity index (χ1) is 29.6. The van der Waals surface area contributed by atoms with Crippen LogP contribution in [-0.4, -0.2) is 58.6 Å². The Labute approximate surface area is 356 Å². The van der Waals surface area contributed by atoms with E-state index in [-0.39, 0.29) is 56.3 Å². The third-order valence-corrected chi connectivity index (χ3v) is 12.1. The Balaban J connectivity index is 0.975. The van der Waals surface area contributed by atoms with Gasteiger partial charge in [0.15, 0.2) is 6.29 Å². The molecule has 6 atom stereocenters. The highest BCUT2D eigenvalue weighted by atomic mass is 16.7. The molecule has 2 fully saturated rings. The van der Waals surface area contributed by atoms with Crippen LogP contribution in [-0.2, 0) is 43.6 Å². The molecule has 3 amide bonds. The van der Waals surface area contributed by atoms with Gasteiger partial charge < -0.3 is 24.6 Å². The summed E-state index contributed by atoms with van der Waals surface area (Å²) < 4.78 is 18.9. The Morgan fingerprint density at radius 1 is 0.820 bits per heavy atom. The van der Waals surface area contributed by atoms with Crippen LogP contribution in [0.1, 0.15) is 72.1 Å². The van der Waals surface area contributed by atoms with E-state index in [1.807, 2.05) is 103 Å². The number of carbonyl (C=O) groups is 3. The van der Waals surface area contributed by atoms with Gasteiger partial charge in [-0.1, -0.05) is 146 Å². The second-order valence-electron chi connectivity index (χ2n) is 16.1. The van der Waals surface area contributed by atoms with Crippen molar-refractivity contribution >= 4 is 28.7 Å². The van der Waals surface area contributed by atoms with Crippen LogP contribution in [0, 0.1) is 5.92 Å². The van der Waals surface area contributed by atoms with Gasteiger partial charge >= 0.3 is 6.09 Å². The summed E-state index contributed by atoms with van der Waals surface area (Å²) in [7, 11) is 2.14. The van der Waals surface area contributed by atoms with E-state index in [9.17, 15) is 19.5 Å². The minimum absolute atomic E-state index is 0.0133. The number of fused-ring (bicyclic) bond motifs is 1. The van der Waals surface area contributed by atoms with Crippen LogP contribution < -0.4 is 5.32 Å². The maximum Gasteiger partial charge on any atom is 0.408 e. The zero-order chi connectivity index (χ0) is 42.5. The summed E-state index contributed by atoms with van der Waals surface area (Å²) >= 11 is 0. The Morgan fingerprint density at radius 2 is 1.51 bits per heavy atom. The van der Waals surface area contributed by atoms with E-state index in [1.165, 1.54) is 21.2 Å².